The van der Waals surface area contributed by atoms with Crippen molar-refractivity contribution in [2.75, 3.05) is 0 Å². The van der Waals surface area contributed by atoms with E-state index in [0.29, 0.717) is 0 Å². The fourth-order valence-electron chi connectivity index (χ4n) is 0. The van der Waals surface area contributed by atoms with Crippen molar-refractivity contribution in [3.05, 3.63) is 0 Å². The second-order valence-corrected chi connectivity index (χ2v) is 0.575. The van der Waals surface area contributed by atoms with E-state index in [2.05, 4.69) is 0 Å². The molecule has 0 aliphatic heterocycles. The maximum Gasteiger partial charge on any atom is 2.00 e. The number of carboxylic acids is 2. The zero-order valence-corrected chi connectivity index (χ0v) is 6.55. The first kappa shape index (κ1) is 15.9. The molecule has 0 bridgehead atoms. The topological polar surface area (TPSA) is 80.3 Å². The molecule has 0 aromatic rings. The minimum atomic E-state index is -2.19. The summed E-state index contributed by atoms with van der Waals surface area (Å²) in [4.78, 5) is 17.9. The molecule has 8 heavy (non-hydrogen) atoms. The first-order valence-corrected chi connectivity index (χ1v) is 1.07. The summed E-state index contributed by atoms with van der Waals surface area (Å²) >= 11 is 0. The number of hydrogen-bond acceptors (Lipinski definition) is 4. The van der Waals surface area contributed by atoms with Crippen LogP contribution in [0, 0.1) is 0 Å². The average Bonchev–Trinajstić information content (AvgIpc) is 1.36. The molecule has 34 valence electrons. The number of rotatable bonds is 0. The molecule has 4 nitrogen and oxygen atoms in total. The van der Waals surface area contributed by atoms with Gasteiger partial charge in [0.05, 0.1) is 11.9 Å². The van der Waals surface area contributed by atoms with Crippen molar-refractivity contribution < 1.29 is 38.7 Å². The third-order valence-electron chi connectivity index (χ3n) is 0.167. The fraction of sp³-hybridized carbons (Fsp3) is 0. The van der Waals surface area contributed by atoms with Gasteiger partial charge >= 0.3 is 56.6 Å². The van der Waals surface area contributed by atoms with Gasteiger partial charge in [-0.3, -0.25) is 0 Å². The molecule has 0 N–H and O–H groups in total. The standard InChI is InChI=1S/C2H2O4.Ca.Li/c3-1(4)2(5)6;;/h(H,3,4)(H,5,6);;/q;+2;+1/p-2. The molecule has 0 rings (SSSR count). The van der Waals surface area contributed by atoms with Gasteiger partial charge in [0.25, 0.3) is 0 Å². The summed E-state index contributed by atoms with van der Waals surface area (Å²) in [5.74, 6) is -4.37. The van der Waals surface area contributed by atoms with Crippen LogP contribution in [0.25, 0.3) is 0 Å². The van der Waals surface area contributed by atoms with Crippen molar-refractivity contribution in [2.24, 2.45) is 0 Å². The van der Waals surface area contributed by atoms with Gasteiger partial charge in [0.15, 0.2) is 0 Å². The van der Waals surface area contributed by atoms with Crippen LogP contribution in [0.1, 0.15) is 0 Å². The largest absolute Gasteiger partial charge is 2.00 e. The Balaban J connectivity index is -0.000000125. The van der Waals surface area contributed by atoms with E-state index >= 15 is 0 Å². The number of carbonyl (C=O) groups is 2. The molecule has 6 heteroatoms. The maximum atomic E-state index is 8.93. The Hall–Kier alpha value is 0.797. The molecule has 0 unspecified atom stereocenters. The molecule has 0 fully saturated rings. The van der Waals surface area contributed by atoms with Crippen LogP contribution in [-0.4, -0.2) is 49.7 Å². The van der Waals surface area contributed by atoms with E-state index in [4.69, 9.17) is 19.8 Å². The molecule has 0 atom stereocenters. The summed E-state index contributed by atoms with van der Waals surface area (Å²) in [7, 11) is 0. The van der Waals surface area contributed by atoms with Crippen LogP contribution >= 0.6 is 0 Å². The smallest absolute Gasteiger partial charge is 0.543 e. The van der Waals surface area contributed by atoms with Crippen LogP contribution in [0.3, 0.4) is 0 Å². The molecule has 0 aliphatic carbocycles. The van der Waals surface area contributed by atoms with Gasteiger partial charge in [-0.15, -0.1) is 0 Å². The van der Waals surface area contributed by atoms with E-state index in [1.54, 1.807) is 0 Å². The molecule has 0 aromatic heterocycles. The molecule has 0 heterocycles. The van der Waals surface area contributed by atoms with Crippen LogP contribution in [0.15, 0.2) is 0 Å². The molecular formula is C2CaLiO4+. The molecule has 0 radical (unpaired) electrons. The van der Waals surface area contributed by atoms with Crippen molar-refractivity contribution in [2.45, 2.75) is 0 Å². The first-order valence-electron chi connectivity index (χ1n) is 1.07. The summed E-state index contributed by atoms with van der Waals surface area (Å²) in [6.45, 7) is 0. The summed E-state index contributed by atoms with van der Waals surface area (Å²) in [5.41, 5.74) is 0. The van der Waals surface area contributed by atoms with Crippen LogP contribution in [0.2, 0.25) is 0 Å². The predicted octanol–water partition coefficient (Wildman–Crippen LogP) is -6.89. The number of hydrogen-bond donors (Lipinski definition) is 0. The average molecular weight is 135 g/mol. The number of carboxylic acid groups (broad SMARTS) is 2. The summed E-state index contributed by atoms with van der Waals surface area (Å²) in [6.07, 6.45) is 0. The SMILES string of the molecule is O=C([O-])C(=O)[O-].[Ca+2].[Li+]. The van der Waals surface area contributed by atoms with Gasteiger partial charge in [-0.25, -0.2) is 0 Å². The van der Waals surface area contributed by atoms with E-state index in [1.165, 1.54) is 0 Å². The van der Waals surface area contributed by atoms with Crippen molar-refractivity contribution in [1.29, 1.82) is 0 Å². The minimum absolute atomic E-state index is 0. The van der Waals surface area contributed by atoms with Crippen molar-refractivity contribution in [1.82, 2.24) is 0 Å². The Morgan fingerprint density at radius 1 is 1.00 bits per heavy atom. The van der Waals surface area contributed by atoms with E-state index in [9.17, 15) is 0 Å². The molecule has 0 saturated carbocycles. The summed E-state index contributed by atoms with van der Waals surface area (Å²) < 4.78 is 0. The van der Waals surface area contributed by atoms with Gasteiger partial charge in [0, 0.05) is 0 Å². The fourth-order valence-corrected chi connectivity index (χ4v) is 0. The van der Waals surface area contributed by atoms with E-state index in [0.717, 1.165) is 0 Å². The minimum Gasteiger partial charge on any atom is -0.543 e. The van der Waals surface area contributed by atoms with Crippen molar-refractivity contribution >= 4 is 49.7 Å². The Kier molecular flexibility index (Phi) is 15.5. The Bertz CT molecular complexity index is 80.0. The zero-order valence-electron chi connectivity index (χ0n) is 4.34. The Labute approximate surface area is 87.4 Å². The normalized spacial score (nSPS) is 5.50. The molecule has 0 amide bonds. The molecule has 0 saturated heterocycles. The Morgan fingerprint density at radius 3 is 1.12 bits per heavy atom. The third-order valence-corrected chi connectivity index (χ3v) is 0.167. The molecule has 0 spiro atoms. The van der Waals surface area contributed by atoms with Gasteiger partial charge in [0.1, 0.15) is 0 Å². The van der Waals surface area contributed by atoms with Gasteiger partial charge in [-0.05, 0) is 0 Å². The van der Waals surface area contributed by atoms with E-state index < -0.39 is 11.9 Å². The Morgan fingerprint density at radius 2 is 1.12 bits per heavy atom. The number of carbonyl (C=O) groups excluding carboxylic acids is 2. The van der Waals surface area contributed by atoms with Crippen LogP contribution in [-0.2, 0) is 9.59 Å². The van der Waals surface area contributed by atoms with E-state index in [-0.39, 0.29) is 56.6 Å². The second kappa shape index (κ2) is 7.80. The quantitative estimate of drug-likeness (QED) is 0.244. The zero-order chi connectivity index (χ0) is 5.15. The molecule has 0 aromatic carbocycles. The van der Waals surface area contributed by atoms with Crippen LogP contribution < -0.4 is 29.1 Å². The van der Waals surface area contributed by atoms with Crippen LogP contribution in [0.4, 0.5) is 0 Å². The summed E-state index contributed by atoms with van der Waals surface area (Å²) in [5, 5.41) is 17.9. The monoisotopic (exact) mass is 135 g/mol. The third kappa shape index (κ3) is 9.93. The predicted molar refractivity (Wildman–Crippen MR) is 15.8 cm³/mol. The van der Waals surface area contributed by atoms with Gasteiger partial charge < -0.3 is 19.8 Å². The second-order valence-electron chi connectivity index (χ2n) is 0.575. The van der Waals surface area contributed by atoms with Gasteiger partial charge in [0.2, 0.25) is 0 Å². The summed E-state index contributed by atoms with van der Waals surface area (Å²) in [6, 6.07) is 0. The number of aliphatic carboxylic acids is 2. The van der Waals surface area contributed by atoms with Crippen molar-refractivity contribution in [3.8, 4) is 0 Å². The van der Waals surface area contributed by atoms with Gasteiger partial charge in [-0.1, -0.05) is 0 Å². The first-order chi connectivity index (χ1) is 2.64. The van der Waals surface area contributed by atoms with Gasteiger partial charge in [-0.2, -0.15) is 0 Å². The van der Waals surface area contributed by atoms with E-state index in [1.807, 2.05) is 0 Å². The van der Waals surface area contributed by atoms with Crippen molar-refractivity contribution in [3.63, 3.8) is 0 Å². The maximum absolute atomic E-state index is 8.93. The molecule has 0 aliphatic rings. The molecular weight excluding hydrogens is 135 g/mol. The van der Waals surface area contributed by atoms with Crippen LogP contribution in [0.5, 0.6) is 0 Å².